The standard InChI is InChI=1S/C22H24ClN3OS/c1-5-9-26-20(13-27-19-11-16(3)21(23)17(4)12-19)24-25-22(26)28-14-18-8-6-7-15(2)10-18/h5-8,10-12H,1,9,13-14H2,2-4H3. The Labute approximate surface area is 175 Å². The number of hydrogen-bond acceptors (Lipinski definition) is 4. The Balaban J connectivity index is 1.72. The fourth-order valence-corrected chi connectivity index (χ4v) is 3.95. The number of aryl methyl sites for hydroxylation is 3. The summed E-state index contributed by atoms with van der Waals surface area (Å²) in [5, 5.41) is 10.3. The molecule has 3 rings (SSSR count). The number of benzene rings is 2. The molecule has 0 aliphatic carbocycles. The predicted molar refractivity (Wildman–Crippen MR) is 116 cm³/mol. The monoisotopic (exact) mass is 413 g/mol. The van der Waals surface area contributed by atoms with Crippen molar-refractivity contribution >= 4 is 23.4 Å². The molecule has 28 heavy (non-hydrogen) atoms. The van der Waals surface area contributed by atoms with Crippen LogP contribution in [0.4, 0.5) is 0 Å². The lowest BCUT2D eigenvalue weighted by Gasteiger charge is -2.11. The van der Waals surface area contributed by atoms with Crippen LogP contribution >= 0.6 is 23.4 Å². The van der Waals surface area contributed by atoms with Crippen molar-refractivity contribution in [1.82, 2.24) is 14.8 Å². The van der Waals surface area contributed by atoms with Crippen LogP contribution in [0.1, 0.15) is 28.1 Å². The van der Waals surface area contributed by atoms with Crippen molar-refractivity contribution < 1.29 is 4.74 Å². The van der Waals surface area contributed by atoms with Gasteiger partial charge in [-0.05, 0) is 49.6 Å². The van der Waals surface area contributed by atoms with Crippen LogP contribution in [0.25, 0.3) is 0 Å². The molecule has 3 aromatic rings. The van der Waals surface area contributed by atoms with Gasteiger partial charge < -0.3 is 4.74 Å². The summed E-state index contributed by atoms with van der Waals surface area (Å²) in [4.78, 5) is 0. The van der Waals surface area contributed by atoms with Crippen molar-refractivity contribution in [3.63, 3.8) is 0 Å². The maximum Gasteiger partial charge on any atom is 0.191 e. The summed E-state index contributed by atoms with van der Waals surface area (Å²) in [5.74, 6) is 2.39. The van der Waals surface area contributed by atoms with Gasteiger partial charge in [0.25, 0.3) is 0 Å². The summed E-state index contributed by atoms with van der Waals surface area (Å²) in [6.45, 7) is 10.9. The van der Waals surface area contributed by atoms with Crippen LogP contribution in [0.5, 0.6) is 5.75 Å². The molecule has 0 fully saturated rings. The second kappa shape index (κ2) is 9.30. The number of hydrogen-bond donors (Lipinski definition) is 0. The molecule has 0 aliphatic heterocycles. The van der Waals surface area contributed by atoms with Crippen molar-refractivity contribution in [1.29, 1.82) is 0 Å². The van der Waals surface area contributed by atoms with Gasteiger partial charge in [-0.25, -0.2) is 0 Å². The number of nitrogens with zero attached hydrogens (tertiary/aromatic N) is 3. The molecule has 0 atom stereocenters. The molecule has 0 N–H and O–H groups in total. The van der Waals surface area contributed by atoms with Gasteiger partial charge in [0, 0.05) is 17.3 Å². The molecule has 0 aliphatic rings. The summed E-state index contributed by atoms with van der Waals surface area (Å²) < 4.78 is 8.01. The summed E-state index contributed by atoms with van der Waals surface area (Å²) in [6, 6.07) is 12.4. The molecule has 0 amide bonds. The molecule has 146 valence electrons. The summed E-state index contributed by atoms with van der Waals surface area (Å²) in [7, 11) is 0. The van der Waals surface area contributed by atoms with Crippen LogP contribution < -0.4 is 4.74 Å². The van der Waals surface area contributed by atoms with E-state index in [0.29, 0.717) is 13.2 Å². The first-order valence-electron chi connectivity index (χ1n) is 9.08. The lowest BCUT2D eigenvalue weighted by Crippen LogP contribution is -2.07. The molecule has 0 bridgehead atoms. The quantitative estimate of drug-likeness (QED) is 0.339. The lowest BCUT2D eigenvalue weighted by molar-refractivity contribution is 0.289. The van der Waals surface area contributed by atoms with E-state index < -0.39 is 0 Å². The van der Waals surface area contributed by atoms with Gasteiger partial charge in [0.05, 0.1) is 0 Å². The molecule has 1 aromatic heterocycles. The average molecular weight is 414 g/mol. The number of rotatable bonds is 8. The summed E-state index contributed by atoms with van der Waals surface area (Å²) >= 11 is 7.90. The first kappa shape index (κ1) is 20.5. The molecular weight excluding hydrogens is 390 g/mol. The maximum absolute atomic E-state index is 6.24. The number of thioether (sulfide) groups is 1. The SMILES string of the molecule is C=CCn1c(COc2cc(C)c(Cl)c(C)c2)nnc1SCc1cccc(C)c1. The zero-order chi connectivity index (χ0) is 20.1. The molecule has 0 saturated carbocycles. The van der Waals surface area contributed by atoms with E-state index in [2.05, 4.69) is 48.0 Å². The van der Waals surface area contributed by atoms with E-state index in [0.717, 1.165) is 38.6 Å². The van der Waals surface area contributed by atoms with E-state index in [-0.39, 0.29) is 0 Å². The number of halogens is 1. The van der Waals surface area contributed by atoms with Crippen molar-refractivity contribution in [3.05, 3.63) is 82.2 Å². The smallest absolute Gasteiger partial charge is 0.191 e. The molecule has 4 nitrogen and oxygen atoms in total. The largest absolute Gasteiger partial charge is 0.486 e. The Hall–Kier alpha value is -2.24. The normalized spacial score (nSPS) is 10.9. The minimum atomic E-state index is 0.340. The minimum Gasteiger partial charge on any atom is -0.486 e. The van der Waals surface area contributed by atoms with E-state index in [4.69, 9.17) is 16.3 Å². The van der Waals surface area contributed by atoms with Crippen LogP contribution in [-0.2, 0) is 18.9 Å². The summed E-state index contributed by atoms with van der Waals surface area (Å²) in [5.41, 5.74) is 4.52. The van der Waals surface area contributed by atoms with Crippen LogP contribution in [0, 0.1) is 20.8 Å². The third-order valence-electron chi connectivity index (χ3n) is 4.33. The van der Waals surface area contributed by atoms with Gasteiger partial charge in [-0.1, -0.05) is 59.3 Å². The van der Waals surface area contributed by atoms with E-state index in [9.17, 15) is 0 Å². The van der Waals surface area contributed by atoms with Crippen molar-refractivity contribution in [2.45, 2.75) is 44.8 Å². The molecule has 0 spiro atoms. The van der Waals surface area contributed by atoms with Gasteiger partial charge in [-0.3, -0.25) is 4.57 Å². The average Bonchev–Trinajstić information content (AvgIpc) is 3.05. The molecule has 0 unspecified atom stereocenters. The van der Waals surface area contributed by atoms with Crippen molar-refractivity contribution in [3.8, 4) is 5.75 Å². The highest BCUT2D eigenvalue weighted by molar-refractivity contribution is 7.98. The van der Waals surface area contributed by atoms with Crippen LogP contribution in [0.2, 0.25) is 5.02 Å². The highest BCUT2D eigenvalue weighted by Gasteiger charge is 2.13. The molecule has 2 aromatic carbocycles. The number of allylic oxidation sites excluding steroid dienone is 1. The topological polar surface area (TPSA) is 39.9 Å². The third kappa shape index (κ3) is 4.97. The fourth-order valence-electron chi connectivity index (χ4n) is 2.93. The third-order valence-corrected chi connectivity index (χ3v) is 5.97. The van der Waals surface area contributed by atoms with Crippen molar-refractivity contribution in [2.24, 2.45) is 0 Å². The van der Waals surface area contributed by atoms with Gasteiger partial charge >= 0.3 is 0 Å². The Morgan fingerprint density at radius 3 is 2.57 bits per heavy atom. The molecule has 0 saturated heterocycles. The molecule has 1 heterocycles. The van der Waals surface area contributed by atoms with E-state index >= 15 is 0 Å². The van der Waals surface area contributed by atoms with Gasteiger partial charge in [0.2, 0.25) is 0 Å². The minimum absolute atomic E-state index is 0.340. The molecule has 0 radical (unpaired) electrons. The summed E-state index contributed by atoms with van der Waals surface area (Å²) in [6.07, 6.45) is 1.85. The number of aromatic nitrogens is 3. The van der Waals surface area contributed by atoms with Crippen LogP contribution in [0.3, 0.4) is 0 Å². The Kier molecular flexibility index (Phi) is 6.81. The van der Waals surface area contributed by atoms with Crippen LogP contribution in [0.15, 0.2) is 54.2 Å². The van der Waals surface area contributed by atoms with Gasteiger partial charge in [-0.15, -0.1) is 16.8 Å². The Morgan fingerprint density at radius 2 is 1.89 bits per heavy atom. The fraction of sp³-hybridized carbons (Fsp3) is 0.273. The predicted octanol–water partition coefficient (Wildman–Crippen LogP) is 5.91. The Bertz CT molecular complexity index is 961. The van der Waals surface area contributed by atoms with Crippen LogP contribution in [-0.4, -0.2) is 14.8 Å². The second-order valence-corrected chi connectivity index (χ2v) is 8.06. The van der Waals surface area contributed by atoms with E-state index in [1.165, 1.54) is 11.1 Å². The van der Waals surface area contributed by atoms with Gasteiger partial charge in [-0.2, -0.15) is 0 Å². The Morgan fingerprint density at radius 1 is 1.14 bits per heavy atom. The molecule has 6 heteroatoms. The van der Waals surface area contributed by atoms with E-state index in [1.54, 1.807) is 11.8 Å². The lowest BCUT2D eigenvalue weighted by atomic mass is 10.1. The first-order chi connectivity index (χ1) is 13.5. The van der Waals surface area contributed by atoms with Gasteiger partial charge in [0.1, 0.15) is 12.4 Å². The van der Waals surface area contributed by atoms with Crippen molar-refractivity contribution in [2.75, 3.05) is 0 Å². The maximum atomic E-state index is 6.24. The van der Waals surface area contributed by atoms with E-state index in [1.807, 2.05) is 36.6 Å². The molecular formula is C22H24ClN3OS. The van der Waals surface area contributed by atoms with Gasteiger partial charge in [0.15, 0.2) is 11.0 Å². The highest BCUT2D eigenvalue weighted by atomic mass is 35.5. The zero-order valence-electron chi connectivity index (χ0n) is 16.4. The first-order valence-corrected chi connectivity index (χ1v) is 10.4. The second-order valence-electron chi connectivity index (χ2n) is 6.74. The number of ether oxygens (including phenoxy) is 1. The highest BCUT2D eigenvalue weighted by Crippen LogP contribution is 2.27. The zero-order valence-corrected chi connectivity index (χ0v) is 18.0.